The number of carbonyl (C=O) groups excluding carboxylic acids is 1. The van der Waals surface area contributed by atoms with Crippen molar-refractivity contribution < 1.29 is 4.79 Å². The Kier molecular flexibility index (Phi) is 4.20. The highest BCUT2D eigenvalue weighted by atomic mass is 16.1. The van der Waals surface area contributed by atoms with Crippen LogP contribution >= 0.6 is 0 Å². The highest BCUT2D eigenvalue weighted by molar-refractivity contribution is 6.04. The highest BCUT2D eigenvalue weighted by Gasteiger charge is 2.26. The maximum atomic E-state index is 12.5. The third-order valence-corrected chi connectivity index (χ3v) is 4.83. The van der Waals surface area contributed by atoms with Gasteiger partial charge in [-0.1, -0.05) is 31.0 Å². The molecule has 0 bridgehead atoms. The lowest BCUT2D eigenvalue weighted by Gasteiger charge is -2.19. The highest BCUT2D eigenvalue weighted by Crippen LogP contribution is 2.37. The molecule has 118 valence electrons. The van der Waals surface area contributed by atoms with E-state index in [1.165, 1.54) is 12.8 Å². The first-order chi connectivity index (χ1) is 11.1. The van der Waals surface area contributed by atoms with Gasteiger partial charge in [-0.3, -0.25) is 4.79 Å². The Labute approximate surface area is 136 Å². The largest absolute Gasteiger partial charge is 0.327 e. The quantitative estimate of drug-likeness (QED) is 0.916. The molecule has 1 heterocycles. The first-order valence-electron chi connectivity index (χ1n) is 8.11. The van der Waals surface area contributed by atoms with Crippen molar-refractivity contribution in [3.05, 3.63) is 52.7 Å². The summed E-state index contributed by atoms with van der Waals surface area (Å²) in [6.45, 7) is 3.99. The summed E-state index contributed by atoms with van der Waals surface area (Å²) in [5.41, 5.74) is 3.23. The summed E-state index contributed by atoms with van der Waals surface area (Å²) in [6.07, 6.45) is 4.62. The molecule has 1 aromatic heterocycles. The average molecular weight is 307 g/mol. The minimum absolute atomic E-state index is 0.168. The summed E-state index contributed by atoms with van der Waals surface area (Å²) in [6, 6.07) is 11.8. The van der Waals surface area contributed by atoms with Gasteiger partial charge in [-0.2, -0.15) is 5.26 Å². The lowest BCUT2D eigenvalue weighted by Crippen LogP contribution is -2.18. The van der Waals surface area contributed by atoms with E-state index < -0.39 is 0 Å². The molecule has 1 saturated carbocycles. The zero-order chi connectivity index (χ0) is 16.4. The SMILES string of the molecule is Cc1c(C#N)c(NC(=O)c2ccccc2)n(C2CCCC2)c1C. The number of anilines is 1. The molecule has 4 heteroatoms. The van der Waals surface area contributed by atoms with Crippen LogP contribution in [0.3, 0.4) is 0 Å². The molecule has 0 aliphatic heterocycles. The zero-order valence-electron chi connectivity index (χ0n) is 13.6. The monoisotopic (exact) mass is 307 g/mol. The van der Waals surface area contributed by atoms with Gasteiger partial charge in [0, 0.05) is 17.3 Å². The van der Waals surface area contributed by atoms with Crippen LogP contribution in [0.4, 0.5) is 5.82 Å². The zero-order valence-corrected chi connectivity index (χ0v) is 13.6. The van der Waals surface area contributed by atoms with Crippen molar-refractivity contribution in [1.82, 2.24) is 4.57 Å². The number of carbonyl (C=O) groups is 1. The number of hydrogen-bond donors (Lipinski definition) is 1. The van der Waals surface area contributed by atoms with Crippen LogP contribution in [0.2, 0.25) is 0 Å². The Balaban J connectivity index is 2.02. The molecule has 1 aromatic carbocycles. The third kappa shape index (κ3) is 2.75. The van der Waals surface area contributed by atoms with Crippen LogP contribution in [-0.2, 0) is 0 Å². The van der Waals surface area contributed by atoms with Crippen molar-refractivity contribution in [1.29, 1.82) is 5.26 Å². The van der Waals surface area contributed by atoms with Crippen LogP contribution in [0.15, 0.2) is 30.3 Å². The predicted molar refractivity (Wildman–Crippen MR) is 90.5 cm³/mol. The van der Waals surface area contributed by atoms with E-state index in [0.717, 1.165) is 24.1 Å². The number of nitriles is 1. The van der Waals surface area contributed by atoms with Gasteiger partial charge >= 0.3 is 0 Å². The number of rotatable bonds is 3. The van der Waals surface area contributed by atoms with Crippen LogP contribution in [0.1, 0.15) is 58.9 Å². The van der Waals surface area contributed by atoms with Crippen molar-refractivity contribution in [2.45, 2.75) is 45.6 Å². The molecule has 1 fully saturated rings. The summed E-state index contributed by atoms with van der Waals surface area (Å²) in [4.78, 5) is 12.5. The van der Waals surface area contributed by atoms with Crippen LogP contribution in [0.25, 0.3) is 0 Å². The molecule has 1 aliphatic rings. The molecular weight excluding hydrogens is 286 g/mol. The molecular formula is C19H21N3O. The number of nitrogens with zero attached hydrogens (tertiary/aromatic N) is 2. The summed E-state index contributed by atoms with van der Waals surface area (Å²) in [5, 5.41) is 12.5. The van der Waals surface area contributed by atoms with Gasteiger partial charge < -0.3 is 9.88 Å². The van der Waals surface area contributed by atoms with Gasteiger partial charge in [0.25, 0.3) is 5.91 Å². The number of nitrogens with one attached hydrogen (secondary N) is 1. The molecule has 3 rings (SSSR count). The maximum Gasteiger partial charge on any atom is 0.256 e. The van der Waals surface area contributed by atoms with Crippen LogP contribution in [0, 0.1) is 25.2 Å². The fourth-order valence-corrected chi connectivity index (χ4v) is 3.47. The van der Waals surface area contributed by atoms with Crippen molar-refractivity contribution in [3.8, 4) is 6.07 Å². The van der Waals surface area contributed by atoms with E-state index in [-0.39, 0.29) is 5.91 Å². The third-order valence-electron chi connectivity index (χ3n) is 4.83. The Bertz CT molecular complexity index is 762. The summed E-state index contributed by atoms with van der Waals surface area (Å²) in [5.74, 6) is 0.488. The van der Waals surface area contributed by atoms with E-state index in [1.54, 1.807) is 12.1 Å². The maximum absolute atomic E-state index is 12.5. The minimum atomic E-state index is -0.168. The average Bonchev–Trinajstić information content (AvgIpc) is 3.16. The predicted octanol–water partition coefficient (Wildman–Crippen LogP) is 4.34. The van der Waals surface area contributed by atoms with Gasteiger partial charge in [0.15, 0.2) is 0 Å². The molecule has 23 heavy (non-hydrogen) atoms. The van der Waals surface area contributed by atoms with E-state index >= 15 is 0 Å². The summed E-state index contributed by atoms with van der Waals surface area (Å²) < 4.78 is 2.17. The van der Waals surface area contributed by atoms with Gasteiger partial charge in [0.2, 0.25) is 0 Å². The lowest BCUT2D eigenvalue weighted by atomic mass is 10.2. The molecule has 2 aromatic rings. The molecule has 0 saturated heterocycles. The Morgan fingerprint density at radius 2 is 1.87 bits per heavy atom. The first kappa shape index (κ1) is 15.4. The topological polar surface area (TPSA) is 57.8 Å². The number of amides is 1. The second-order valence-corrected chi connectivity index (χ2v) is 6.17. The molecule has 4 nitrogen and oxygen atoms in total. The Hall–Kier alpha value is -2.54. The number of benzene rings is 1. The van der Waals surface area contributed by atoms with Gasteiger partial charge in [0.1, 0.15) is 11.9 Å². The fourth-order valence-electron chi connectivity index (χ4n) is 3.47. The molecule has 0 spiro atoms. The summed E-state index contributed by atoms with van der Waals surface area (Å²) >= 11 is 0. The van der Waals surface area contributed by atoms with Crippen molar-refractivity contribution in [2.75, 3.05) is 5.32 Å². The first-order valence-corrected chi connectivity index (χ1v) is 8.11. The van der Waals surface area contributed by atoms with E-state index in [9.17, 15) is 10.1 Å². The van der Waals surface area contributed by atoms with Gasteiger partial charge in [-0.05, 0) is 44.4 Å². The minimum Gasteiger partial charge on any atom is -0.327 e. The second kappa shape index (κ2) is 6.29. The number of hydrogen-bond acceptors (Lipinski definition) is 2. The smallest absolute Gasteiger partial charge is 0.256 e. The van der Waals surface area contributed by atoms with Crippen LogP contribution < -0.4 is 5.32 Å². The normalized spacial score (nSPS) is 14.7. The van der Waals surface area contributed by atoms with Crippen molar-refractivity contribution in [2.24, 2.45) is 0 Å². The molecule has 1 amide bonds. The molecule has 0 radical (unpaired) electrons. The van der Waals surface area contributed by atoms with Gasteiger partial charge in [-0.25, -0.2) is 0 Å². The second-order valence-electron chi connectivity index (χ2n) is 6.17. The Morgan fingerprint density at radius 1 is 1.22 bits per heavy atom. The molecule has 1 aliphatic carbocycles. The van der Waals surface area contributed by atoms with E-state index in [0.29, 0.717) is 23.0 Å². The molecule has 0 unspecified atom stereocenters. The summed E-state index contributed by atoms with van der Waals surface area (Å²) in [7, 11) is 0. The Morgan fingerprint density at radius 3 is 2.48 bits per heavy atom. The lowest BCUT2D eigenvalue weighted by molar-refractivity contribution is 0.102. The van der Waals surface area contributed by atoms with E-state index in [1.807, 2.05) is 32.0 Å². The van der Waals surface area contributed by atoms with Crippen molar-refractivity contribution >= 4 is 11.7 Å². The van der Waals surface area contributed by atoms with Crippen LogP contribution in [0.5, 0.6) is 0 Å². The van der Waals surface area contributed by atoms with E-state index in [4.69, 9.17) is 0 Å². The molecule has 0 atom stereocenters. The van der Waals surface area contributed by atoms with Crippen molar-refractivity contribution in [3.63, 3.8) is 0 Å². The fraction of sp³-hybridized carbons (Fsp3) is 0.368. The number of aromatic nitrogens is 1. The van der Waals surface area contributed by atoms with Crippen LogP contribution in [-0.4, -0.2) is 10.5 Å². The molecule has 1 N–H and O–H groups in total. The van der Waals surface area contributed by atoms with Gasteiger partial charge in [0.05, 0.1) is 5.56 Å². The van der Waals surface area contributed by atoms with Gasteiger partial charge in [-0.15, -0.1) is 0 Å². The van der Waals surface area contributed by atoms with E-state index in [2.05, 4.69) is 16.0 Å². The standard InChI is InChI=1S/C19H21N3O/c1-13-14(2)22(16-10-6-7-11-16)18(17(13)12-20)21-19(23)15-8-4-3-5-9-15/h3-5,8-9,16H,6-7,10-11H2,1-2H3,(H,21,23).